The summed E-state index contributed by atoms with van der Waals surface area (Å²) in [5.41, 5.74) is 0. The zero-order valence-corrected chi connectivity index (χ0v) is 9.32. The molecule has 0 aromatic carbocycles. The van der Waals surface area contributed by atoms with Crippen LogP contribution in [0.4, 0.5) is 0 Å². The summed E-state index contributed by atoms with van der Waals surface area (Å²) in [7, 11) is 0. The molecule has 0 aromatic rings. The van der Waals surface area contributed by atoms with E-state index in [1.54, 1.807) is 0 Å². The molecule has 5 heteroatoms. The monoisotopic (exact) mass is 226 g/mol. The molecular formula is C11H18N2O3. The number of rotatable bonds is 4. The number of amides is 1. The van der Waals surface area contributed by atoms with E-state index < -0.39 is 12.0 Å². The first-order chi connectivity index (χ1) is 7.68. The average Bonchev–Trinajstić information content (AvgIpc) is 3.09. The van der Waals surface area contributed by atoms with E-state index >= 15 is 0 Å². The second kappa shape index (κ2) is 4.82. The largest absolute Gasteiger partial charge is 0.480 e. The zero-order valence-electron chi connectivity index (χ0n) is 9.32. The summed E-state index contributed by atoms with van der Waals surface area (Å²) in [5, 5.41) is 12.2. The van der Waals surface area contributed by atoms with Gasteiger partial charge in [-0.25, -0.2) is 4.79 Å². The van der Waals surface area contributed by atoms with Gasteiger partial charge in [0.15, 0.2) is 0 Å². The van der Waals surface area contributed by atoms with Gasteiger partial charge in [0.2, 0.25) is 5.91 Å². The Morgan fingerprint density at radius 3 is 2.62 bits per heavy atom. The van der Waals surface area contributed by atoms with E-state index in [1.165, 1.54) is 4.90 Å². The Bertz CT molecular complexity index is 289. The molecule has 0 radical (unpaired) electrons. The van der Waals surface area contributed by atoms with E-state index in [1.807, 2.05) is 0 Å². The molecule has 1 aliphatic heterocycles. The van der Waals surface area contributed by atoms with E-state index in [-0.39, 0.29) is 12.5 Å². The molecular weight excluding hydrogens is 208 g/mol. The van der Waals surface area contributed by atoms with Crippen molar-refractivity contribution in [3.63, 3.8) is 0 Å². The lowest BCUT2D eigenvalue weighted by atomic mass is 10.0. The van der Waals surface area contributed by atoms with Crippen molar-refractivity contribution in [1.29, 1.82) is 0 Å². The highest BCUT2D eigenvalue weighted by Crippen LogP contribution is 2.20. The second-order valence-corrected chi connectivity index (χ2v) is 4.59. The van der Waals surface area contributed by atoms with Crippen LogP contribution >= 0.6 is 0 Å². The highest BCUT2D eigenvalue weighted by atomic mass is 16.4. The summed E-state index contributed by atoms with van der Waals surface area (Å²) in [4.78, 5) is 24.4. The number of carboxylic acids is 1. The van der Waals surface area contributed by atoms with Gasteiger partial charge in [0.25, 0.3) is 0 Å². The van der Waals surface area contributed by atoms with Crippen LogP contribution in [0, 0.1) is 0 Å². The molecule has 5 nitrogen and oxygen atoms in total. The molecule has 2 rings (SSSR count). The van der Waals surface area contributed by atoms with Crippen molar-refractivity contribution >= 4 is 11.9 Å². The first-order valence-corrected chi connectivity index (χ1v) is 5.94. The van der Waals surface area contributed by atoms with Crippen LogP contribution in [0.15, 0.2) is 0 Å². The number of hydrogen-bond donors (Lipinski definition) is 2. The van der Waals surface area contributed by atoms with Crippen LogP contribution in [0.3, 0.4) is 0 Å². The molecule has 1 saturated carbocycles. The molecule has 0 spiro atoms. The lowest BCUT2D eigenvalue weighted by Crippen LogP contribution is -2.50. The minimum atomic E-state index is -0.875. The predicted octanol–water partition coefficient (Wildman–Crippen LogP) is 0.204. The molecule has 1 atom stereocenters. The van der Waals surface area contributed by atoms with Crippen molar-refractivity contribution in [3.05, 3.63) is 0 Å². The van der Waals surface area contributed by atoms with Gasteiger partial charge in [0, 0.05) is 12.6 Å². The first-order valence-electron chi connectivity index (χ1n) is 5.94. The lowest BCUT2D eigenvalue weighted by molar-refractivity contribution is -0.151. The lowest BCUT2D eigenvalue weighted by Gasteiger charge is -2.33. The number of likely N-dealkylation sites (tertiary alicyclic amines) is 1. The second-order valence-electron chi connectivity index (χ2n) is 4.59. The minimum Gasteiger partial charge on any atom is -0.480 e. The van der Waals surface area contributed by atoms with Crippen molar-refractivity contribution in [2.75, 3.05) is 13.1 Å². The van der Waals surface area contributed by atoms with Crippen LogP contribution in [0.25, 0.3) is 0 Å². The maximum absolute atomic E-state index is 11.8. The summed E-state index contributed by atoms with van der Waals surface area (Å²) in [5.74, 6) is -0.946. The molecule has 1 heterocycles. The molecule has 0 aromatic heterocycles. The van der Waals surface area contributed by atoms with Crippen LogP contribution in [0.1, 0.15) is 32.1 Å². The smallest absolute Gasteiger partial charge is 0.326 e. The molecule has 90 valence electrons. The Balaban J connectivity index is 1.87. The van der Waals surface area contributed by atoms with Crippen LogP contribution in [0.2, 0.25) is 0 Å². The Labute approximate surface area is 94.8 Å². The van der Waals surface area contributed by atoms with Crippen LogP contribution < -0.4 is 5.32 Å². The summed E-state index contributed by atoms with van der Waals surface area (Å²) in [6.45, 7) is 0.872. The van der Waals surface area contributed by atoms with E-state index in [2.05, 4.69) is 5.32 Å². The normalized spacial score (nSPS) is 25.5. The van der Waals surface area contributed by atoms with Crippen molar-refractivity contribution < 1.29 is 14.7 Å². The van der Waals surface area contributed by atoms with E-state index in [9.17, 15) is 9.59 Å². The SMILES string of the molecule is O=C(O)[C@@H]1CCCCN1C(=O)CNC1CC1. The molecule has 16 heavy (non-hydrogen) atoms. The van der Waals surface area contributed by atoms with Gasteiger partial charge in [-0.15, -0.1) is 0 Å². The topological polar surface area (TPSA) is 69.6 Å². The fourth-order valence-electron chi connectivity index (χ4n) is 2.11. The fraction of sp³-hybridized carbons (Fsp3) is 0.818. The predicted molar refractivity (Wildman–Crippen MR) is 58.0 cm³/mol. The number of carbonyl (C=O) groups is 2. The molecule has 1 aliphatic carbocycles. The Kier molecular flexibility index (Phi) is 3.43. The average molecular weight is 226 g/mol. The molecule has 2 N–H and O–H groups in total. The van der Waals surface area contributed by atoms with Crippen molar-refractivity contribution in [3.8, 4) is 0 Å². The first kappa shape index (κ1) is 11.4. The summed E-state index contributed by atoms with van der Waals surface area (Å²) >= 11 is 0. The standard InChI is InChI=1S/C11H18N2O3/c14-10(7-12-8-4-5-8)13-6-2-1-3-9(13)11(15)16/h8-9,12H,1-7H2,(H,15,16)/t9-/m0/s1. The maximum atomic E-state index is 11.8. The zero-order chi connectivity index (χ0) is 11.5. The number of piperidine rings is 1. The van der Waals surface area contributed by atoms with Gasteiger partial charge in [-0.2, -0.15) is 0 Å². The summed E-state index contributed by atoms with van der Waals surface area (Å²) in [6, 6.07) is -0.126. The molecule has 2 fully saturated rings. The highest BCUT2D eigenvalue weighted by molar-refractivity contribution is 5.85. The summed E-state index contributed by atoms with van der Waals surface area (Å²) in [6.07, 6.45) is 4.67. The minimum absolute atomic E-state index is 0.0704. The van der Waals surface area contributed by atoms with Crippen molar-refractivity contribution in [1.82, 2.24) is 10.2 Å². The maximum Gasteiger partial charge on any atom is 0.326 e. The third-order valence-corrected chi connectivity index (χ3v) is 3.23. The third-order valence-electron chi connectivity index (χ3n) is 3.23. The number of carbonyl (C=O) groups excluding carboxylic acids is 1. The number of hydrogen-bond acceptors (Lipinski definition) is 3. The quantitative estimate of drug-likeness (QED) is 0.718. The van der Waals surface area contributed by atoms with E-state index in [0.29, 0.717) is 19.0 Å². The van der Waals surface area contributed by atoms with Gasteiger partial charge in [-0.3, -0.25) is 4.79 Å². The van der Waals surface area contributed by atoms with Crippen molar-refractivity contribution in [2.24, 2.45) is 0 Å². The number of nitrogens with one attached hydrogen (secondary N) is 1. The Morgan fingerprint density at radius 2 is 2.00 bits per heavy atom. The fourth-order valence-corrected chi connectivity index (χ4v) is 2.11. The van der Waals surface area contributed by atoms with Gasteiger partial charge in [0.05, 0.1) is 6.54 Å². The molecule has 1 amide bonds. The highest BCUT2D eigenvalue weighted by Gasteiger charge is 2.32. The molecule has 0 unspecified atom stereocenters. The number of nitrogens with zero attached hydrogens (tertiary/aromatic N) is 1. The van der Waals surface area contributed by atoms with Gasteiger partial charge < -0.3 is 15.3 Å². The third kappa shape index (κ3) is 2.72. The molecule has 1 saturated heterocycles. The van der Waals surface area contributed by atoms with Crippen LogP contribution in [0.5, 0.6) is 0 Å². The van der Waals surface area contributed by atoms with E-state index in [0.717, 1.165) is 25.7 Å². The van der Waals surface area contributed by atoms with Crippen molar-refractivity contribution in [2.45, 2.75) is 44.2 Å². The Hall–Kier alpha value is -1.10. The van der Waals surface area contributed by atoms with Gasteiger partial charge in [-0.1, -0.05) is 0 Å². The summed E-state index contributed by atoms with van der Waals surface area (Å²) < 4.78 is 0. The van der Waals surface area contributed by atoms with Crippen LogP contribution in [-0.2, 0) is 9.59 Å². The van der Waals surface area contributed by atoms with E-state index in [4.69, 9.17) is 5.11 Å². The van der Waals surface area contributed by atoms with Crippen LogP contribution in [-0.4, -0.2) is 47.1 Å². The number of carboxylic acid groups (broad SMARTS) is 1. The Morgan fingerprint density at radius 1 is 1.25 bits per heavy atom. The van der Waals surface area contributed by atoms with Gasteiger partial charge in [0.1, 0.15) is 6.04 Å². The van der Waals surface area contributed by atoms with Gasteiger partial charge in [-0.05, 0) is 32.1 Å². The molecule has 0 bridgehead atoms. The van der Waals surface area contributed by atoms with Gasteiger partial charge >= 0.3 is 5.97 Å². The molecule has 2 aliphatic rings. The number of aliphatic carboxylic acids is 1.